The molecule has 0 saturated heterocycles. The van der Waals surface area contributed by atoms with E-state index >= 15 is 0 Å². The van der Waals surface area contributed by atoms with E-state index in [1.807, 2.05) is 41.3 Å². The van der Waals surface area contributed by atoms with Crippen molar-refractivity contribution in [2.24, 2.45) is 20.5 Å². The third kappa shape index (κ3) is 5.83. The molecule has 0 unspecified atom stereocenters. The number of rotatable bonds is 8. The summed E-state index contributed by atoms with van der Waals surface area (Å²) in [7, 11) is 0. The molecule has 1 heterocycles. The minimum Gasteiger partial charge on any atom is -0.348 e. The number of hydrogen-bond acceptors (Lipinski definition) is 8. The Hall–Kier alpha value is -3.64. The zero-order valence-electron chi connectivity index (χ0n) is 17.8. The van der Waals surface area contributed by atoms with Crippen molar-refractivity contribution in [3.8, 4) is 6.07 Å². The highest BCUT2D eigenvalue weighted by Crippen LogP contribution is 2.35. The second-order valence-corrected chi connectivity index (χ2v) is 8.77. The summed E-state index contributed by atoms with van der Waals surface area (Å²) in [5.41, 5.74) is 3.75. The van der Waals surface area contributed by atoms with Crippen molar-refractivity contribution in [2.75, 3.05) is 11.4 Å². The zero-order chi connectivity index (χ0) is 23.9. The lowest BCUT2D eigenvalue weighted by Gasteiger charge is -2.18. The van der Waals surface area contributed by atoms with Crippen LogP contribution in [-0.2, 0) is 0 Å². The molecule has 0 atom stereocenters. The largest absolute Gasteiger partial charge is 0.348 e. The van der Waals surface area contributed by atoms with Gasteiger partial charge in [0.25, 0.3) is 0 Å². The van der Waals surface area contributed by atoms with Crippen LogP contribution in [-0.4, -0.2) is 11.5 Å². The summed E-state index contributed by atoms with van der Waals surface area (Å²) >= 11 is 13.5. The van der Waals surface area contributed by atoms with Gasteiger partial charge in [-0.3, -0.25) is 0 Å². The van der Waals surface area contributed by atoms with Gasteiger partial charge in [0.05, 0.1) is 49.8 Å². The monoisotopic (exact) mass is 505 g/mol. The fourth-order valence-corrected chi connectivity index (χ4v) is 4.16. The maximum atomic E-state index is 8.76. The Morgan fingerprint density at radius 2 is 1.47 bits per heavy atom. The van der Waals surface area contributed by atoms with Crippen LogP contribution >= 0.6 is 34.5 Å². The first kappa shape index (κ1) is 23.5. The van der Waals surface area contributed by atoms with E-state index in [4.69, 9.17) is 28.5 Å². The summed E-state index contributed by atoms with van der Waals surface area (Å²) in [6.45, 7) is 4.38. The molecular weight excluding hydrogens is 489 g/mol. The summed E-state index contributed by atoms with van der Waals surface area (Å²) in [5.74, 6) is 0. The Labute approximate surface area is 210 Å². The Morgan fingerprint density at radius 3 is 2.06 bits per heavy atom. The lowest BCUT2D eigenvalue weighted by molar-refractivity contribution is 0.943. The zero-order valence-corrected chi connectivity index (χ0v) is 20.1. The van der Waals surface area contributed by atoms with Crippen LogP contribution in [0, 0.1) is 11.3 Å². The van der Waals surface area contributed by atoms with Crippen molar-refractivity contribution in [3.05, 3.63) is 83.5 Å². The molecular formula is C24H17Cl2N7S. The maximum Gasteiger partial charge on any atom is 0.231 e. The number of nitriles is 1. The average Bonchev–Trinajstić information content (AvgIpc) is 3.25. The number of thiazole rings is 1. The number of halogens is 2. The van der Waals surface area contributed by atoms with Crippen molar-refractivity contribution in [2.45, 2.75) is 6.42 Å². The highest BCUT2D eigenvalue weighted by atomic mass is 35.5. The topological polar surface area (TPSA) is 89.4 Å². The number of fused-ring (bicyclic) bond motifs is 1. The molecule has 0 spiro atoms. The van der Waals surface area contributed by atoms with E-state index in [0.717, 1.165) is 15.9 Å². The van der Waals surface area contributed by atoms with Crippen molar-refractivity contribution < 1.29 is 0 Å². The molecule has 0 aliphatic carbocycles. The molecule has 0 radical (unpaired) electrons. The second kappa shape index (κ2) is 11.0. The van der Waals surface area contributed by atoms with Gasteiger partial charge in [-0.1, -0.05) is 41.1 Å². The van der Waals surface area contributed by atoms with Crippen LogP contribution in [0.2, 0.25) is 10.0 Å². The molecule has 0 fully saturated rings. The maximum absolute atomic E-state index is 8.76. The molecule has 0 saturated carbocycles. The molecule has 10 heteroatoms. The smallest absolute Gasteiger partial charge is 0.231 e. The average molecular weight is 506 g/mol. The molecule has 7 nitrogen and oxygen atoms in total. The Balaban J connectivity index is 1.40. The van der Waals surface area contributed by atoms with E-state index in [2.05, 4.69) is 38.1 Å². The van der Waals surface area contributed by atoms with Crippen molar-refractivity contribution in [1.82, 2.24) is 4.98 Å². The molecule has 0 aliphatic rings. The quantitative estimate of drug-likeness (QED) is 0.223. The van der Waals surface area contributed by atoms with Crippen molar-refractivity contribution in [1.29, 1.82) is 5.26 Å². The molecule has 4 rings (SSSR count). The van der Waals surface area contributed by atoms with Crippen LogP contribution in [0.4, 0.5) is 27.9 Å². The van der Waals surface area contributed by atoms with Gasteiger partial charge in [-0.25, -0.2) is 4.98 Å². The predicted molar refractivity (Wildman–Crippen MR) is 139 cm³/mol. The highest BCUT2D eigenvalue weighted by Gasteiger charge is 2.07. The minimum atomic E-state index is 0.424. The first-order valence-electron chi connectivity index (χ1n) is 10.1. The van der Waals surface area contributed by atoms with Crippen LogP contribution in [0.25, 0.3) is 10.2 Å². The van der Waals surface area contributed by atoms with Gasteiger partial charge in [-0.15, -0.1) is 10.2 Å². The Bertz CT molecular complexity index is 1370. The van der Waals surface area contributed by atoms with Gasteiger partial charge < -0.3 is 4.90 Å². The summed E-state index contributed by atoms with van der Waals surface area (Å²) in [6.07, 6.45) is 2.13. The number of aromatic nitrogens is 1. The first-order valence-corrected chi connectivity index (χ1v) is 11.7. The van der Waals surface area contributed by atoms with Gasteiger partial charge in [-0.2, -0.15) is 15.5 Å². The highest BCUT2D eigenvalue weighted by molar-refractivity contribution is 7.22. The molecule has 0 N–H and O–H groups in total. The fourth-order valence-electron chi connectivity index (χ4n) is 2.96. The molecule has 0 aliphatic heterocycles. The van der Waals surface area contributed by atoms with E-state index in [0.29, 0.717) is 45.2 Å². The number of anilines is 1. The van der Waals surface area contributed by atoms with Crippen molar-refractivity contribution >= 4 is 72.6 Å². The van der Waals surface area contributed by atoms with E-state index < -0.39 is 0 Å². The van der Waals surface area contributed by atoms with Crippen LogP contribution < -0.4 is 4.90 Å². The Morgan fingerprint density at radius 1 is 0.912 bits per heavy atom. The molecule has 3 aromatic carbocycles. The fraction of sp³-hybridized carbons (Fsp3) is 0.0833. The van der Waals surface area contributed by atoms with Gasteiger partial charge >= 0.3 is 0 Å². The minimum absolute atomic E-state index is 0.424. The molecule has 4 aromatic rings. The van der Waals surface area contributed by atoms with Crippen molar-refractivity contribution in [3.63, 3.8) is 0 Å². The molecule has 0 amide bonds. The summed E-state index contributed by atoms with van der Waals surface area (Å²) < 4.78 is 0.895. The van der Waals surface area contributed by atoms with E-state index in [1.165, 1.54) is 11.3 Å². The third-order valence-electron chi connectivity index (χ3n) is 4.67. The number of azo groups is 2. The van der Waals surface area contributed by atoms with Gasteiger partial charge in [0.1, 0.15) is 0 Å². The second-order valence-electron chi connectivity index (χ2n) is 6.95. The number of nitrogens with zero attached hydrogens (tertiary/aromatic N) is 7. The predicted octanol–water partition coefficient (Wildman–Crippen LogP) is 9.30. The SMILES string of the molecule is C=CN(CCC#N)c1ccc(N=Nc2ccc(N=Nc3nc4cc(Cl)c(Cl)cc4s3)cc2)cc1. The van der Waals surface area contributed by atoms with Gasteiger partial charge in [0.15, 0.2) is 0 Å². The number of hydrogen-bond donors (Lipinski definition) is 0. The lowest BCUT2D eigenvalue weighted by Crippen LogP contribution is -2.16. The molecule has 1 aromatic heterocycles. The standard InChI is InChI=1S/C24H17Cl2N7S/c1-2-33(13-3-12-27)19-10-8-18(9-11-19)30-29-16-4-6-17(7-5-16)31-32-24-28-22-14-20(25)21(26)15-23(22)34-24/h2,4-11,14-15H,1,3,13H2. The molecule has 0 bridgehead atoms. The molecule has 34 heavy (non-hydrogen) atoms. The third-order valence-corrected chi connectivity index (χ3v) is 6.29. The Kier molecular flexibility index (Phi) is 7.60. The number of benzene rings is 3. The summed E-state index contributed by atoms with van der Waals surface area (Å²) in [6, 6.07) is 20.4. The lowest BCUT2D eigenvalue weighted by atomic mass is 10.2. The van der Waals surface area contributed by atoms with Crippen LogP contribution in [0.1, 0.15) is 6.42 Å². The summed E-state index contributed by atoms with van der Waals surface area (Å²) in [4.78, 5) is 6.32. The first-order chi connectivity index (χ1) is 16.6. The van der Waals surface area contributed by atoms with E-state index in [-0.39, 0.29) is 0 Å². The molecule has 168 valence electrons. The van der Waals surface area contributed by atoms with Gasteiger partial charge in [0.2, 0.25) is 5.13 Å². The van der Waals surface area contributed by atoms with Crippen LogP contribution in [0.3, 0.4) is 0 Å². The van der Waals surface area contributed by atoms with E-state index in [1.54, 1.807) is 30.5 Å². The van der Waals surface area contributed by atoms with E-state index in [9.17, 15) is 0 Å². The summed E-state index contributed by atoms with van der Waals surface area (Å²) in [5, 5.41) is 27.2. The normalized spacial score (nSPS) is 11.3. The van der Waals surface area contributed by atoms with Crippen LogP contribution in [0.5, 0.6) is 0 Å². The van der Waals surface area contributed by atoms with Crippen LogP contribution in [0.15, 0.2) is 93.9 Å². The van der Waals surface area contributed by atoms with Gasteiger partial charge in [-0.05, 0) is 66.9 Å². The van der Waals surface area contributed by atoms with Gasteiger partial charge in [0, 0.05) is 12.2 Å².